The van der Waals surface area contributed by atoms with E-state index >= 15 is 0 Å². The van der Waals surface area contributed by atoms with E-state index in [1.165, 1.54) is 19.1 Å². The lowest BCUT2D eigenvalue weighted by atomic mass is 10.0. The van der Waals surface area contributed by atoms with E-state index < -0.39 is 28.5 Å². The quantitative estimate of drug-likeness (QED) is 0.417. The lowest BCUT2D eigenvalue weighted by Gasteiger charge is -2.33. The average molecular weight is 524 g/mol. The molecule has 1 atom stereocenters. The van der Waals surface area contributed by atoms with Crippen molar-refractivity contribution in [2.45, 2.75) is 25.9 Å². The second kappa shape index (κ2) is 12.4. The summed E-state index contributed by atoms with van der Waals surface area (Å²) in [5.41, 5.74) is 2.97. The Labute approximate surface area is 218 Å². The molecule has 37 heavy (non-hydrogen) atoms. The fourth-order valence-electron chi connectivity index (χ4n) is 4.16. The number of nitrogens with one attached hydrogen (secondary N) is 1. The number of methoxy groups -OCH3 is 1. The van der Waals surface area contributed by atoms with Crippen molar-refractivity contribution in [3.8, 4) is 5.75 Å². The zero-order valence-corrected chi connectivity index (χ0v) is 22.4. The zero-order chi connectivity index (χ0) is 27.0. The minimum absolute atomic E-state index is 0.134. The van der Waals surface area contributed by atoms with Crippen molar-refractivity contribution < 1.29 is 22.7 Å². The maximum atomic E-state index is 13.9. The smallest absolute Gasteiger partial charge is 0.244 e. The van der Waals surface area contributed by atoms with Crippen molar-refractivity contribution in [2.75, 3.05) is 31.3 Å². The number of sulfonamides is 1. The summed E-state index contributed by atoms with van der Waals surface area (Å²) in [5.74, 6) is -0.534. The number of nitrogens with zero attached hydrogens (tertiary/aromatic N) is 2. The van der Waals surface area contributed by atoms with Gasteiger partial charge in [0.2, 0.25) is 21.8 Å². The molecule has 0 saturated heterocycles. The molecule has 1 N–H and O–H groups in total. The van der Waals surface area contributed by atoms with Crippen LogP contribution in [0.15, 0.2) is 78.9 Å². The topological polar surface area (TPSA) is 96.0 Å². The Morgan fingerprint density at radius 1 is 0.946 bits per heavy atom. The van der Waals surface area contributed by atoms with Crippen molar-refractivity contribution in [1.29, 1.82) is 0 Å². The third kappa shape index (κ3) is 7.33. The molecule has 0 unspecified atom stereocenters. The number of aryl methyl sites for hydroxylation is 1. The summed E-state index contributed by atoms with van der Waals surface area (Å²) >= 11 is 0. The van der Waals surface area contributed by atoms with Crippen LogP contribution in [-0.2, 0) is 32.6 Å². The van der Waals surface area contributed by atoms with Crippen LogP contribution in [0.2, 0.25) is 0 Å². The second-order valence-electron chi connectivity index (χ2n) is 8.77. The summed E-state index contributed by atoms with van der Waals surface area (Å²) in [6.07, 6.45) is 1.31. The summed E-state index contributed by atoms with van der Waals surface area (Å²) in [6.45, 7) is 1.59. The highest BCUT2D eigenvalue weighted by molar-refractivity contribution is 7.92. The number of ether oxygens (including phenoxy) is 1. The highest BCUT2D eigenvalue weighted by Crippen LogP contribution is 2.30. The first kappa shape index (κ1) is 27.7. The van der Waals surface area contributed by atoms with Crippen molar-refractivity contribution in [2.24, 2.45) is 0 Å². The Morgan fingerprint density at radius 3 is 2.22 bits per heavy atom. The first-order valence-corrected chi connectivity index (χ1v) is 13.7. The number of benzene rings is 3. The van der Waals surface area contributed by atoms with E-state index in [9.17, 15) is 18.0 Å². The van der Waals surface area contributed by atoms with Gasteiger partial charge in [0, 0.05) is 20.0 Å². The van der Waals surface area contributed by atoms with Crippen LogP contribution in [0.25, 0.3) is 0 Å². The number of carbonyl (C=O) groups excluding carboxylic acids is 2. The Kier molecular flexibility index (Phi) is 9.30. The lowest BCUT2D eigenvalue weighted by Crippen LogP contribution is -2.52. The monoisotopic (exact) mass is 523 g/mol. The van der Waals surface area contributed by atoms with Gasteiger partial charge >= 0.3 is 0 Å². The van der Waals surface area contributed by atoms with Crippen molar-refractivity contribution in [3.63, 3.8) is 0 Å². The summed E-state index contributed by atoms with van der Waals surface area (Å²) in [5, 5.41) is 2.67. The third-order valence-electron chi connectivity index (χ3n) is 5.99. The number of likely N-dealkylation sites (N-methyl/N-ethyl adjacent to an activating group) is 1. The van der Waals surface area contributed by atoms with Gasteiger partial charge in [0.05, 0.1) is 19.1 Å². The number of rotatable bonds is 11. The summed E-state index contributed by atoms with van der Waals surface area (Å²) < 4.78 is 32.0. The van der Waals surface area contributed by atoms with Crippen LogP contribution in [0.5, 0.6) is 5.75 Å². The van der Waals surface area contributed by atoms with E-state index in [1.807, 2.05) is 61.5 Å². The minimum Gasteiger partial charge on any atom is -0.495 e. The molecule has 3 rings (SSSR count). The number of hydrogen-bond acceptors (Lipinski definition) is 5. The SMILES string of the molecule is CNC(=O)[C@H](Cc1ccccc1)N(Cc1cccc(C)c1)C(=O)CN(c1ccccc1OC)S(C)(=O)=O. The molecular weight excluding hydrogens is 490 g/mol. The van der Waals surface area contributed by atoms with Crippen molar-refractivity contribution >= 4 is 27.5 Å². The van der Waals surface area contributed by atoms with Gasteiger partial charge in [-0.3, -0.25) is 13.9 Å². The fourth-order valence-corrected chi connectivity index (χ4v) is 5.01. The molecule has 196 valence electrons. The molecule has 0 bridgehead atoms. The second-order valence-corrected chi connectivity index (χ2v) is 10.7. The molecule has 0 aliphatic heterocycles. The van der Waals surface area contributed by atoms with Crippen LogP contribution < -0.4 is 14.4 Å². The molecule has 0 spiro atoms. The van der Waals surface area contributed by atoms with Gasteiger partial charge in [-0.25, -0.2) is 8.42 Å². The number of hydrogen-bond donors (Lipinski definition) is 1. The predicted molar refractivity (Wildman–Crippen MR) is 145 cm³/mol. The summed E-state index contributed by atoms with van der Waals surface area (Å²) in [7, 11) is -0.906. The molecule has 0 heterocycles. The molecule has 8 nitrogen and oxygen atoms in total. The molecule has 0 aliphatic carbocycles. The lowest BCUT2D eigenvalue weighted by molar-refractivity contribution is -0.139. The maximum Gasteiger partial charge on any atom is 0.244 e. The highest BCUT2D eigenvalue weighted by atomic mass is 32.2. The molecule has 0 aromatic heterocycles. The normalized spacial score (nSPS) is 11.9. The van der Waals surface area contributed by atoms with Crippen LogP contribution in [0.4, 0.5) is 5.69 Å². The number of anilines is 1. The number of carbonyl (C=O) groups is 2. The van der Waals surface area contributed by atoms with E-state index in [0.717, 1.165) is 27.3 Å². The molecule has 3 aromatic carbocycles. The van der Waals surface area contributed by atoms with E-state index in [-0.39, 0.29) is 24.6 Å². The Balaban J connectivity index is 2.05. The van der Waals surface area contributed by atoms with E-state index in [1.54, 1.807) is 24.3 Å². The summed E-state index contributed by atoms with van der Waals surface area (Å²) in [4.78, 5) is 28.5. The van der Waals surface area contributed by atoms with Crippen LogP contribution in [0.3, 0.4) is 0 Å². The molecule has 0 fully saturated rings. The van der Waals surface area contributed by atoms with Gasteiger partial charge in [0.1, 0.15) is 18.3 Å². The molecule has 3 aromatic rings. The van der Waals surface area contributed by atoms with E-state index in [0.29, 0.717) is 5.75 Å². The standard InChI is InChI=1S/C28H33N3O5S/c1-21-11-10-14-23(17-21)19-30(25(28(33)29-2)18-22-12-6-5-7-13-22)27(32)20-31(37(4,34)35)24-15-8-9-16-26(24)36-3/h5-17,25H,18-20H2,1-4H3,(H,29,33)/t25-/m0/s1. The van der Waals surface area contributed by atoms with Crippen LogP contribution in [-0.4, -0.2) is 58.1 Å². The van der Waals surface area contributed by atoms with Gasteiger partial charge in [-0.05, 0) is 30.2 Å². The Morgan fingerprint density at radius 2 is 1.59 bits per heavy atom. The Hall–Kier alpha value is -3.85. The molecule has 9 heteroatoms. The van der Waals surface area contributed by atoms with Crippen LogP contribution in [0.1, 0.15) is 16.7 Å². The first-order valence-electron chi connectivity index (χ1n) is 11.8. The third-order valence-corrected chi connectivity index (χ3v) is 7.11. The predicted octanol–water partition coefficient (Wildman–Crippen LogP) is 3.16. The van der Waals surface area contributed by atoms with E-state index in [2.05, 4.69) is 5.32 Å². The van der Waals surface area contributed by atoms with Gasteiger partial charge in [0.25, 0.3) is 0 Å². The van der Waals surface area contributed by atoms with Crippen molar-refractivity contribution in [3.05, 3.63) is 95.6 Å². The first-order chi connectivity index (χ1) is 17.6. The van der Waals surface area contributed by atoms with Gasteiger partial charge in [-0.15, -0.1) is 0 Å². The van der Waals surface area contributed by atoms with E-state index in [4.69, 9.17) is 4.74 Å². The fraction of sp³-hybridized carbons (Fsp3) is 0.286. The largest absolute Gasteiger partial charge is 0.495 e. The molecule has 2 amide bonds. The van der Waals surface area contributed by atoms with Gasteiger partial charge in [-0.1, -0.05) is 72.3 Å². The molecule has 0 aliphatic rings. The summed E-state index contributed by atoms with van der Waals surface area (Å²) in [6, 6.07) is 22.8. The molecule has 0 radical (unpaired) electrons. The molecular formula is C28H33N3O5S. The Bertz CT molecular complexity index is 1330. The average Bonchev–Trinajstić information content (AvgIpc) is 2.88. The minimum atomic E-state index is -3.86. The van der Waals surface area contributed by atoms with Crippen molar-refractivity contribution in [1.82, 2.24) is 10.2 Å². The van der Waals surface area contributed by atoms with Gasteiger partial charge < -0.3 is 15.0 Å². The highest BCUT2D eigenvalue weighted by Gasteiger charge is 2.33. The van der Waals surface area contributed by atoms with Gasteiger partial charge in [-0.2, -0.15) is 0 Å². The van der Waals surface area contributed by atoms with Crippen LogP contribution in [0, 0.1) is 6.92 Å². The number of para-hydroxylation sites is 2. The van der Waals surface area contributed by atoms with Crippen LogP contribution >= 0.6 is 0 Å². The van der Waals surface area contributed by atoms with Gasteiger partial charge in [0.15, 0.2) is 0 Å². The molecule has 0 saturated carbocycles. The zero-order valence-electron chi connectivity index (χ0n) is 21.5. The number of amides is 2. The maximum absolute atomic E-state index is 13.9.